The van der Waals surface area contributed by atoms with Crippen molar-refractivity contribution in [2.75, 3.05) is 12.4 Å². The molecule has 1 aliphatic heterocycles. The average molecular weight is 342 g/mol. The summed E-state index contributed by atoms with van der Waals surface area (Å²) in [6.07, 6.45) is 0. The molecule has 1 N–H and O–H groups in total. The van der Waals surface area contributed by atoms with Crippen molar-refractivity contribution in [1.29, 1.82) is 0 Å². The molecule has 0 fully saturated rings. The first-order valence-electron chi connectivity index (χ1n) is 8.91. The number of fused-ring (bicyclic) bond motifs is 2. The van der Waals surface area contributed by atoms with Crippen molar-refractivity contribution in [3.05, 3.63) is 72.1 Å². The lowest BCUT2D eigenvalue weighted by Crippen LogP contribution is -2.09. The van der Waals surface area contributed by atoms with Gasteiger partial charge in [-0.25, -0.2) is 0 Å². The third kappa shape index (κ3) is 2.97. The van der Waals surface area contributed by atoms with Crippen LogP contribution in [0.15, 0.2) is 76.1 Å². The molecular formula is C23H22N2O. The Morgan fingerprint density at radius 3 is 2.46 bits per heavy atom. The van der Waals surface area contributed by atoms with Crippen LogP contribution in [0.4, 0.5) is 5.69 Å². The lowest BCUT2D eigenvalue weighted by Gasteiger charge is -2.17. The summed E-state index contributed by atoms with van der Waals surface area (Å²) < 4.78 is 6.27. The van der Waals surface area contributed by atoms with Crippen molar-refractivity contribution >= 4 is 16.7 Å². The molecule has 0 bridgehead atoms. The molecule has 0 radical (unpaired) electrons. The van der Waals surface area contributed by atoms with Gasteiger partial charge >= 0.3 is 0 Å². The Hall–Kier alpha value is -3.07. The zero-order chi connectivity index (χ0) is 18.1. The normalized spacial score (nSPS) is 12.2. The van der Waals surface area contributed by atoms with Gasteiger partial charge in [-0.1, -0.05) is 30.3 Å². The molecule has 1 heterocycles. The van der Waals surface area contributed by atoms with Crippen LogP contribution in [0.1, 0.15) is 13.8 Å². The molecular weight excluding hydrogens is 320 g/mol. The van der Waals surface area contributed by atoms with E-state index in [1.807, 2.05) is 18.2 Å². The van der Waals surface area contributed by atoms with E-state index in [-0.39, 0.29) is 0 Å². The number of nitrogens with one attached hydrogen (secondary N) is 1. The fraction of sp³-hybridized carbons (Fsp3) is 0.174. The van der Waals surface area contributed by atoms with E-state index in [0.29, 0.717) is 6.04 Å². The Morgan fingerprint density at radius 2 is 1.73 bits per heavy atom. The molecule has 26 heavy (non-hydrogen) atoms. The summed E-state index contributed by atoms with van der Waals surface area (Å²) in [6.45, 7) is 4.26. The van der Waals surface area contributed by atoms with Gasteiger partial charge in [0, 0.05) is 47.4 Å². The Bertz CT molecular complexity index is 1090. The highest BCUT2D eigenvalue weighted by Crippen LogP contribution is 2.40. The fourth-order valence-corrected chi connectivity index (χ4v) is 3.36. The Morgan fingerprint density at radius 1 is 0.923 bits per heavy atom. The molecule has 4 rings (SSSR count). The standard InChI is InChI=1S/C23H22N2O/c1-15(2)25-18-10-12-20-22(14-18)26-21-13-17(24-3)9-11-19(21)23(20)16-7-5-4-6-8-16/h4-15,25H,1-3H3. The monoisotopic (exact) mass is 342 g/mol. The first kappa shape index (κ1) is 16.4. The minimum Gasteiger partial charge on any atom is -0.456 e. The minimum atomic E-state index is 0.368. The molecule has 3 heteroatoms. The molecule has 1 aliphatic carbocycles. The van der Waals surface area contributed by atoms with E-state index in [9.17, 15) is 0 Å². The molecule has 0 saturated heterocycles. The molecule has 0 unspecified atom stereocenters. The topological polar surface area (TPSA) is 37.5 Å². The van der Waals surface area contributed by atoms with E-state index in [0.717, 1.165) is 33.3 Å². The molecule has 0 amide bonds. The highest BCUT2D eigenvalue weighted by molar-refractivity contribution is 6.02. The van der Waals surface area contributed by atoms with Gasteiger partial charge < -0.3 is 9.73 Å². The number of benzene rings is 3. The van der Waals surface area contributed by atoms with Crippen LogP contribution in [-0.2, 0) is 0 Å². The van der Waals surface area contributed by atoms with Gasteiger partial charge in [0.25, 0.3) is 0 Å². The summed E-state index contributed by atoms with van der Waals surface area (Å²) in [4.78, 5) is 4.29. The van der Waals surface area contributed by atoms with Crippen LogP contribution in [0, 0.1) is 0 Å². The van der Waals surface area contributed by atoms with Gasteiger partial charge in [-0.05, 0) is 43.7 Å². The Kier molecular flexibility index (Phi) is 4.21. The van der Waals surface area contributed by atoms with E-state index < -0.39 is 0 Å². The van der Waals surface area contributed by atoms with Gasteiger partial charge in [-0.2, -0.15) is 0 Å². The summed E-state index contributed by atoms with van der Waals surface area (Å²) >= 11 is 0. The molecule has 2 aliphatic rings. The maximum absolute atomic E-state index is 6.27. The highest BCUT2D eigenvalue weighted by atomic mass is 16.3. The molecule has 0 aromatic heterocycles. The van der Waals surface area contributed by atoms with Crippen LogP contribution in [0.3, 0.4) is 0 Å². The van der Waals surface area contributed by atoms with Crippen molar-refractivity contribution in [2.24, 2.45) is 4.99 Å². The summed E-state index contributed by atoms with van der Waals surface area (Å²) in [7, 11) is 1.80. The zero-order valence-electron chi connectivity index (χ0n) is 15.3. The molecule has 0 saturated carbocycles. The zero-order valence-corrected chi connectivity index (χ0v) is 15.3. The maximum Gasteiger partial charge on any atom is 0.137 e. The SMILES string of the molecule is CN=c1ccc2c(-c3ccccc3)c3ccc(NC(C)C)cc3oc-2c1. The predicted molar refractivity (Wildman–Crippen MR) is 109 cm³/mol. The van der Waals surface area contributed by atoms with E-state index >= 15 is 0 Å². The van der Waals surface area contributed by atoms with Gasteiger partial charge in [-0.3, -0.25) is 4.99 Å². The van der Waals surface area contributed by atoms with Gasteiger partial charge in [0.2, 0.25) is 0 Å². The summed E-state index contributed by atoms with van der Waals surface area (Å²) in [6, 6.07) is 23.3. The van der Waals surface area contributed by atoms with Crippen LogP contribution in [0.25, 0.3) is 33.4 Å². The van der Waals surface area contributed by atoms with Gasteiger partial charge in [-0.15, -0.1) is 0 Å². The quantitative estimate of drug-likeness (QED) is 0.495. The van der Waals surface area contributed by atoms with E-state index in [2.05, 4.69) is 72.7 Å². The first-order chi connectivity index (χ1) is 12.7. The Balaban J connectivity index is 2.07. The van der Waals surface area contributed by atoms with E-state index in [4.69, 9.17) is 4.42 Å². The summed E-state index contributed by atoms with van der Waals surface area (Å²) in [5.74, 6) is 0.848. The number of rotatable bonds is 3. The largest absolute Gasteiger partial charge is 0.456 e. The molecule has 0 spiro atoms. The highest BCUT2D eigenvalue weighted by Gasteiger charge is 2.17. The first-order valence-corrected chi connectivity index (χ1v) is 8.91. The molecule has 0 atom stereocenters. The Labute approximate surface area is 153 Å². The van der Waals surface area contributed by atoms with Crippen LogP contribution >= 0.6 is 0 Å². The number of nitrogens with zero attached hydrogens (tertiary/aromatic N) is 1. The van der Waals surface area contributed by atoms with Crippen molar-refractivity contribution in [2.45, 2.75) is 19.9 Å². The maximum atomic E-state index is 6.27. The minimum absolute atomic E-state index is 0.368. The van der Waals surface area contributed by atoms with Crippen LogP contribution in [-0.4, -0.2) is 13.1 Å². The van der Waals surface area contributed by atoms with Gasteiger partial charge in [0.15, 0.2) is 0 Å². The third-order valence-corrected chi connectivity index (χ3v) is 4.48. The summed E-state index contributed by atoms with van der Waals surface area (Å²) in [5.41, 5.74) is 5.41. The van der Waals surface area contributed by atoms with E-state index in [1.165, 1.54) is 11.1 Å². The van der Waals surface area contributed by atoms with Crippen LogP contribution < -0.4 is 10.7 Å². The van der Waals surface area contributed by atoms with Crippen molar-refractivity contribution in [1.82, 2.24) is 0 Å². The van der Waals surface area contributed by atoms with Crippen molar-refractivity contribution in [3.63, 3.8) is 0 Å². The second kappa shape index (κ2) is 6.68. The molecule has 2 aromatic rings. The summed E-state index contributed by atoms with van der Waals surface area (Å²) in [5, 5.41) is 5.47. The van der Waals surface area contributed by atoms with E-state index in [1.54, 1.807) is 7.05 Å². The molecule has 130 valence electrons. The molecule has 2 aromatic carbocycles. The predicted octanol–water partition coefficient (Wildman–Crippen LogP) is 5.56. The van der Waals surface area contributed by atoms with Crippen LogP contribution in [0.2, 0.25) is 0 Å². The fourth-order valence-electron chi connectivity index (χ4n) is 3.36. The number of hydrogen-bond donors (Lipinski definition) is 1. The van der Waals surface area contributed by atoms with Gasteiger partial charge in [0.1, 0.15) is 11.3 Å². The smallest absolute Gasteiger partial charge is 0.137 e. The second-order valence-corrected chi connectivity index (χ2v) is 6.76. The average Bonchev–Trinajstić information content (AvgIpc) is 2.65. The van der Waals surface area contributed by atoms with Crippen molar-refractivity contribution in [3.8, 4) is 22.5 Å². The second-order valence-electron chi connectivity index (χ2n) is 6.76. The van der Waals surface area contributed by atoms with Gasteiger partial charge in [0.05, 0.1) is 5.36 Å². The lowest BCUT2D eigenvalue weighted by molar-refractivity contribution is 0.619. The lowest BCUT2D eigenvalue weighted by atomic mass is 9.93. The third-order valence-electron chi connectivity index (χ3n) is 4.48. The van der Waals surface area contributed by atoms with Crippen molar-refractivity contribution < 1.29 is 4.42 Å². The number of anilines is 1. The molecule has 3 nitrogen and oxygen atoms in total. The number of hydrogen-bond acceptors (Lipinski definition) is 3. The van der Waals surface area contributed by atoms with Crippen LogP contribution in [0.5, 0.6) is 0 Å².